The molecule has 1 N–H and O–H groups in total. The Morgan fingerprint density at radius 3 is 2.68 bits per heavy atom. The number of hydrogen-bond donors (Lipinski definition) is 1. The van der Waals surface area contributed by atoms with E-state index >= 15 is 0 Å². The lowest BCUT2D eigenvalue weighted by molar-refractivity contribution is -0.130. The molecule has 2 aliphatic heterocycles. The van der Waals surface area contributed by atoms with E-state index in [9.17, 15) is 9.59 Å². The number of amides is 2. The number of aryl methyl sites for hydroxylation is 1. The van der Waals surface area contributed by atoms with E-state index in [-0.39, 0.29) is 11.8 Å². The minimum absolute atomic E-state index is 0.148. The molecule has 0 spiro atoms. The van der Waals surface area contributed by atoms with Crippen molar-refractivity contribution >= 4 is 46.1 Å². The second-order valence-corrected chi connectivity index (χ2v) is 7.71. The maximum Gasteiger partial charge on any atom is 0.276 e. The van der Waals surface area contributed by atoms with E-state index in [1.807, 2.05) is 33.9 Å². The molecule has 0 bridgehead atoms. The van der Waals surface area contributed by atoms with Crippen LogP contribution in [0.4, 0.5) is 0 Å². The predicted octanol–water partition coefficient (Wildman–Crippen LogP) is 2.51. The number of fused-ring (bicyclic) bond motifs is 1. The van der Waals surface area contributed by atoms with Gasteiger partial charge in [0.2, 0.25) is 5.91 Å². The molecule has 1 aromatic carbocycles. The number of para-hydroxylation sites is 1. The van der Waals surface area contributed by atoms with Gasteiger partial charge >= 0.3 is 0 Å². The van der Waals surface area contributed by atoms with Gasteiger partial charge < -0.3 is 14.8 Å². The topological polar surface area (TPSA) is 57.6 Å². The van der Waals surface area contributed by atoms with Crippen LogP contribution in [0.15, 0.2) is 30.1 Å². The van der Waals surface area contributed by atoms with Crippen molar-refractivity contribution in [2.45, 2.75) is 32.7 Å². The number of nitrogens with one attached hydrogen (secondary N) is 1. The average Bonchev–Trinajstić information content (AvgIpc) is 3.40. The standard InChI is InChI=1S/C21H24N4O2S/c1-3-14-7-6-8-16-15(11-17-20(27)23(2)21(28)22-17)12-25(19(14)16)13-18(26)24-9-4-5-10-24/h6-8,11-12H,3-5,9-10,13H2,1-2H3,(H,22,28). The first-order valence-electron chi connectivity index (χ1n) is 9.69. The molecule has 4 rings (SSSR count). The van der Waals surface area contributed by atoms with Crippen LogP contribution >= 0.6 is 12.2 Å². The number of likely N-dealkylation sites (N-methyl/N-ethyl adjacent to an activating group) is 1. The van der Waals surface area contributed by atoms with Gasteiger partial charge in [-0.1, -0.05) is 25.1 Å². The number of carbonyl (C=O) groups excluding carboxylic acids is 2. The Morgan fingerprint density at radius 2 is 2.04 bits per heavy atom. The van der Waals surface area contributed by atoms with Gasteiger partial charge in [0.05, 0.1) is 5.52 Å². The Hall–Kier alpha value is -2.67. The number of hydrogen-bond acceptors (Lipinski definition) is 3. The Balaban J connectivity index is 1.77. The number of nitrogens with zero attached hydrogens (tertiary/aromatic N) is 3. The zero-order chi connectivity index (χ0) is 19.8. The van der Waals surface area contributed by atoms with Crippen molar-refractivity contribution < 1.29 is 9.59 Å². The third-order valence-corrected chi connectivity index (χ3v) is 5.92. The van der Waals surface area contributed by atoms with Crippen molar-refractivity contribution in [3.05, 3.63) is 41.2 Å². The minimum Gasteiger partial charge on any atom is -0.341 e. The molecule has 2 amide bonds. The Bertz CT molecular complexity index is 1000. The molecule has 0 aliphatic carbocycles. The molecule has 3 heterocycles. The summed E-state index contributed by atoms with van der Waals surface area (Å²) in [6.45, 7) is 4.12. The van der Waals surface area contributed by atoms with Gasteiger partial charge in [-0.3, -0.25) is 14.5 Å². The van der Waals surface area contributed by atoms with Crippen molar-refractivity contribution in [2.75, 3.05) is 20.1 Å². The monoisotopic (exact) mass is 396 g/mol. The van der Waals surface area contributed by atoms with Crippen LogP contribution in [0.25, 0.3) is 17.0 Å². The van der Waals surface area contributed by atoms with E-state index in [0.717, 1.165) is 48.8 Å². The number of thiocarbonyl (C=S) groups is 1. The fraction of sp³-hybridized carbons (Fsp3) is 0.381. The van der Waals surface area contributed by atoms with Crippen LogP contribution in [0.2, 0.25) is 0 Å². The smallest absolute Gasteiger partial charge is 0.276 e. The summed E-state index contributed by atoms with van der Waals surface area (Å²) in [6.07, 6.45) is 6.84. The zero-order valence-electron chi connectivity index (χ0n) is 16.2. The molecule has 28 heavy (non-hydrogen) atoms. The lowest BCUT2D eigenvalue weighted by Gasteiger charge is -2.16. The van der Waals surface area contributed by atoms with Gasteiger partial charge in [-0.05, 0) is 43.1 Å². The number of benzene rings is 1. The van der Waals surface area contributed by atoms with Crippen LogP contribution in [-0.2, 0) is 22.6 Å². The number of likely N-dealkylation sites (tertiary alicyclic amines) is 1. The molecule has 0 unspecified atom stereocenters. The van der Waals surface area contributed by atoms with E-state index in [4.69, 9.17) is 12.2 Å². The highest BCUT2D eigenvalue weighted by Gasteiger charge is 2.27. The van der Waals surface area contributed by atoms with Crippen LogP contribution < -0.4 is 5.32 Å². The molecule has 2 aromatic rings. The largest absolute Gasteiger partial charge is 0.341 e. The second kappa shape index (κ2) is 7.39. The molecular formula is C21H24N4O2S. The fourth-order valence-electron chi connectivity index (χ4n) is 3.98. The molecule has 6 nitrogen and oxygen atoms in total. The molecule has 2 aliphatic rings. The van der Waals surface area contributed by atoms with Gasteiger partial charge in [0.25, 0.3) is 5.91 Å². The summed E-state index contributed by atoms with van der Waals surface area (Å²) in [7, 11) is 1.66. The summed E-state index contributed by atoms with van der Waals surface area (Å²) in [5.41, 5.74) is 3.62. The molecule has 146 valence electrons. The summed E-state index contributed by atoms with van der Waals surface area (Å²) in [5, 5.41) is 4.41. The SMILES string of the molecule is CCc1cccc2c(C=C3NC(=S)N(C)C3=O)cn(CC(=O)N3CCCC3)c12. The number of carbonyl (C=O) groups is 2. The molecule has 0 saturated carbocycles. The first kappa shape index (κ1) is 18.7. The molecule has 0 radical (unpaired) electrons. The van der Waals surface area contributed by atoms with E-state index < -0.39 is 0 Å². The lowest BCUT2D eigenvalue weighted by atomic mass is 10.1. The van der Waals surface area contributed by atoms with Crippen molar-refractivity contribution in [3.63, 3.8) is 0 Å². The van der Waals surface area contributed by atoms with Gasteiger partial charge in [0, 0.05) is 37.3 Å². The fourth-order valence-corrected chi connectivity index (χ4v) is 4.17. The van der Waals surface area contributed by atoms with Crippen LogP contribution in [0, 0.1) is 0 Å². The highest BCUT2D eigenvalue weighted by Crippen LogP contribution is 2.28. The van der Waals surface area contributed by atoms with Crippen LogP contribution in [0.1, 0.15) is 30.9 Å². The molecule has 7 heteroatoms. The minimum atomic E-state index is -0.148. The Morgan fingerprint density at radius 1 is 1.29 bits per heavy atom. The van der Waals surface area contributed by atoms with Crippen LogP contribution in [0.5, 0.6) is 0 Å². The number of rotatable bonds is 4. The van der Waals surface area contributed by atoms with Crippen molar-refractivity contribution in [1.29, 1.82) is 0 Å². The Kier molecular flexibility index (Phi) is 4.93. The second-order valence-electron chi connectivity index (χ2n) is 7.32. The van der Waals surface area contributed by atoms with Crippen molar-refractivity contribution in [3.8, 4) is 0 Å². The molecular weight excluding hydrogens is 372 g/mol. The molecule has 2 saturated heterocycles. The van der Waals surface area contributed by atoms with E-state index in [2.05, 4.69) is 18.3 Å². The summed E-state index contributed by atoms with van der Waals surface area (Å²) >= 11 is 5.17. The van der Waals surface area contributed by atoms with Gasteiger partial charge in [0.1, 0.15) is 12.2 Å². The summed E-state index contributed by atoms with van der Waals surface area (Å²) in [4.78, 5) is 28.5. The lowest BCUT2D eigenvalue weighted by Crippen LogP contribution is -2.30. The maximum atomic E-state index is 12.7. The summed E-state index contributed by atoms with van der Waals surface area (Å²) < 4.78 is 2.03. The van der Waals surface area contributed by atoms with Crippen molar-refractivity contribution in [1.82, 2.24) is 19.7 Å². The van der Waals surface area contributed by atoms with Crippen molar-refractivity contribution in [2.24, 2.45) is 0 Å². The normalized spacial score (nSPS) is 18.6. The van der Waals surface area contributed by atoms with Crippen LogP contribution in [-0.4, -0.2) is 51.4 Å². The van der Waals surface area contributed by atoms with Gasteiger partial charge in [-0.2, -0.15) is 0 Å². The van der Waals surface area contributed by atoms with E-state index in [1.165, 1.54) is 10.5 Å². The van der Waals surface area contributed by atoms with E-state index in [1.54, 1.807) is 7.05 Å². The first-order valence-corrected chi connectivity index (χ1v) is 10.1. The third-order valence-electron chi connectivity index (χ3n) is 5.54. The van der Waals surface area contributed by atoms with Gasteiger partial charge in [-0.15, -0.1) is 0 Å². The quantitative estimate of drug-likeness (QED) is 0.637. The number of aromatic nitrogens is 1. The highest BCUT2D eigenvalue weighted by atomic mass is 32.1. The first-order chi connectivity index (χ1) is 13.5. The highest BCUT2D eigenvalue weighted by molar-refractivity contribution is 7.80. The zero-order valence-corrected chi connectivity index (χ0v) is 17.0. The third kappa shape index (κ3) is 3.20. The molecule has 1 aromatic heterocycles. The maximum absolute atomic E-state index is 12.7. The predicted molar refractivity (Wildman–Crippen MR) is 114 cm³/mol. The summed E-state index contributed by atoms with van der Waals surface area (Å²) in [5.74, 6) is 0.00109. The van der Waals surface area contributed by atoms with Crippen LogP contribution in [0.3, 0.4) is 0 Å². The average molecular weight is 397 g/mol. The van der Waals surface area contributed by atoms with E-state index in [0.29, 0.717) is 17.4 Å². The molecule has 0 atom stereocenters. The Labute approximate surface area is 169 Å². The summed E-state index contributed by atoms with van der Waals surface area (Å²) in [6, 6.07) is 6.16. The molecule has 2 fully saturated rings. The van der Waals surface area contributed by atoms with Gasteiger partial charge in [-0.25, -0.2) is 0 Å². The van der Waals surface area contributed by atoms with Gasteiger partial charge in [0.15, 0.2) is 5.11 Å².